The fourth-order valence-electron chi connectivity index (χ4n) is 3.16. The van der Waals surface area contributed by atoms with Gasteiger partial charge >= 0.3 is 0 Å². The second-order valence-electron chi connectivity index (χ2n) is 6.20. The van der Waals surface area contributed by atoms with Crippen molar-refractivity contribution in [2.24, 2.45) is 0 Å². The molecule has 1 N–H and O–H groups in total. The van der Waals surface area contributed by atoms with Gasteiger partial charge in [0.15, 0.2) is 6.10 Å². The minimum Gasteiger partial charge on any atom is -0.508 e. The van der Waals surface area contributed by atoms with Crippen LogP contribution in [0.4, 0.5) is 5.69 Å². The summed E-state index contributed by atoms with van der Waals surface area (Å²) >= 11 is 0. The van der Waals surface area contributed by atoms with Crippen LogP contribution in [-0.4, -0.2) is 23.7 Å². The summed E-state index contributed by atoms with van der Waals surface area (Å²) < 4.78 is 5.90. The van der Waals surface area contributed by atoms with Gasteiger partial charge in [-0.2, -0.15) is 0 Å². The molecule has 0 radical (unpaired) electrons. The first-order chi connectivity index (χ1) is 11.5. The van der Waals surface area contributed by atoms with Crippen LogP contribution in [0.15, 0.2) is 49.1 Å². The Morgan fingerprint density at radius 3 is 2.58 bits per heavy atom. The zero-order valence-corrected chi connectivity index (χ0v) is 14.0. The van der Waals surface area contributed by atoms with Gasteiger partial charge in [-0.1, -0.05) is 35.4 Å². The van der Waals surface area contributed by atoms with Crippen molar-refractivity contribution in [3.05, 3.63) is 65.7 Å². The lowest BCUT2D eigenvalue weighted by Gasteiger charge is -2.34. The Balaban J connectivity index is 1.94. The summed E-state index contributed by atoms with van der Waals surface area (Å²) in [7, 11) is 0. The molecule has 2 aromatic carbocycles. The number of amides is 1. The van der Waals surface area contributed by atoms with Gasteiger partial charge in [0.25, 0.3) is 5.91 Å². The molecule has 24 heavy (non-hydrogen) atoms. The summed E-state index contributed by atoms with van der Waals surface area (Å²) in [5.41, 5.74) is 4.05. The number of phenolic OH excluding ortho intramolecular Hbond substituents is 1. The van der Waals surface area contributed by atoms with E-state index in [0.717, 1.165) is 16.7 Å². The Morgan fingerprint density at radius 2 is 1.92 bits per heavy atom. The molecule has 1 amide bonds. The summed E-state index contributed by atoms with van der Waals surface area (Å²) in [4.78, 5) is 14.5. The fraction of sp³-hybridized carbons (Fsp3) is 0.250. The van der Waals surface area contributed by atoms with Crippen LogP contribution in [0.5, 0.6) is 11.5 Å². The molecule has 1 aliphatic rings. The number of phenols is 1. The number of rotatable bonds is 4. The standard InChI is InChI=1S/C20H21NO3/c1-4-7-21-17-6-5-16(22)12-18(17)24-19(20(21)23)11-15-9-13(2)8-14(3)10-15/h4-6,8-10,12,19,22H,1,7,11H2,2-3H3. The highest BCUT2D eigenvalue weighted by atomic mass is 16.5. The molecule has 0 saturated carbocycles. The fourth-order valence-corrected chi connectivity index (χ4v) is 3.16. The maximum absolute atomic E-state index is 12.8. The van der Waals surface area contributed by atoms with Gasteiger partial charge in [0.1, 0.15) is 11.5 Å². The maximum atomic E-state index is 12.8. The average Bonchev–Trinajstić information content (AvgIpc) is 2.50. The Labute approximate surface area is 142 Å². The molecule has 4 nitrogen and oxygen atoms in total. The number of carbonyl (C=O) groups excluding carboxylic acids is 1. The average molecular weight is 323 g/mol. The third-order valence-corrected chi connectivity index (χ3v) is 4.06. The van der Waals surface area contributed by atoms with Crippen LogP contribution >= 0.6 is 0 Å². The van der Waals surface area contributed by atoms with Crippen LogP contribution < -0.4 is 9.64 Å². The molecule has 0 saturated heterocycles. The van der Waals surface area contributed by atoms with E-state index < -0.39 is 6.10 Å². The highest BCUT2D eigenvalue weighted by Crippen LogP contribution is 2.37. The van der Waals surface area contributed by atoms with Gasteiger partial charge in [0.05, 0.1) is 5.69 Å². The normalized spacial score (nSPS) is 16.5. The van der Waals surface area contributed by atoms with Crippen molar-refractivity contribution in [2.75, 3.05) is 11.4 Å². The van der Waals surface area contributed by atoms with E-state index in [1.54, 1.807) is 29.2 Å². The molecule has 3 rings (SSSR count). The monoisotopic (exact) mass is 323 g/mol. The summed E-state index contributed by atoms with van der Waals surface area (Å²) in [5, 5.41) is 9.72. The van der Waals surface area contributed by atoms with E-state index in [4.69, 9.17) is 4.74 Å². The molecule has 0 fully saturated rings. The van der Waals surface area contributed by atoms with Crippen LogP contribution in [0.3, 0.4) is 0 Å². The van der Waals surface area contributed by atoms with Crippen molar-refractivity contribution in [2.45, 2.75) is 26.4 Å². The molecule has 1 heterocycles. The third-order valence-electron chi connectivity index (χ3n) is 4.06. The summed E-state index contributed by atoms with van der Waals surface area (Å²) in [6.45, 7) is 8.21. The van der Waals surface area contributed by atoms with Crippen LogP contribution in [-0.2, 0) is 11.2 Å². The topological polar surface area (TPSA) is 49.8 Å². The Kier molecular flexibility index (Phi) is 4.30. The number of ether oxygens (including phenoxy) is 1. The van der Waals surface area contributed by atoms with Crippen molar-refractivity contribution in [1.82, 2.24) is 0 Å². The number of hydrogen-bond donors (Lipinski definition) is 1. The minimum atomic E-state index is -0.611. The molecular weight excluding hydrogens is 302 g/mol. The molecule has 1 atom stereocenters. The number of fused-ring (bicyclic) bond motifs is 1. The second kappa shape index (κ2) is 6.40. The molecule has 0 aliphatic carbocycles. The van der Waals surface area contributed by atoms with E-state index >= 15 is 0 Å². The molecule has 0 spiro atoms. The predicted octanol–water partition coefficient (Wildman–Crippen LogP) is 3.53. The first-order valence-electron chi connectivity index (χ1n) is 7.97. The van der Waals surface area contributed by atoms with Crippen LogP contribution in [0.1, 0.15) is 16.7 Å². The van der Waals surface area contributed by atoms with Gasteiger partial charge in [-0.05, 0) is 31.5 Å². The lowest BCUT2D eigenvalue weighted by atomic mass is 10.0. The molecule has 0 bridgehead atoms. The SMILES string of the molecule is C=CCN1C(=O)C(Cc2cc(C)cc(C)c2)Oc2cc(O)ccc21. The molecule has 1 aliphatic heterocycles. The zero-order valence-electron chi connectivity index (χ0n) is 14.0. The molecule has 1 unspecified atom stereocenters. The van der Waals surface area contributed by atoms with Crippen molar-refractivity contribution < 1.29 is 14.6 Å². The number of benzene rings is 2. The van der Waals surface area contributed by atoms with Gasteiger partial charge in [-0.25, -0.2) is 0 Å². The maximum Gasteiger partial charge on any atom is 0.268 e. The number of aromatic hydroxyl groups is 1. The minimum absolute atomic E-state index is 0.0905. The quantitative estimate of drug-likeness (QED) is 0.876. The van der Waals surface area contributed by atoms with Crippen LogP contribution in [0.2, 0.25) is 0 Å². The molecule has 124 valence electrons. The van der Waals surface area contributed by atoms with Crippen molar-refractivity contribution >= 4 is 11.6 Å². The van der Waals surface area contributed by atoms with E-state index in [1.165, 1.54) is 0 Å². The van der Waals surface area contributed by atoms with Gasteiger partial charge in [-0.15, -0.1) is 6.58 Å². The molecular formula is C20H21NO3. The largest absolute Gasteiger partial charge is 0.508 e. The van der Waals surface area contributed by atoms with Crippen molar-refractivity contribution in [3.8, 4) is 11.5 Å². The predicted molar refractivity (Wildman–Crippen MR) is 94.7 cm³/mol. The highest BCUT2D eigenvalue weighted by molar-refractivity contribution is 6.00. The summed E-state index contributed by atoms with van der Waals surface area (Å²) in [6.07, 6.45) is 1.57. The van der Waals surface area contributed by atoms with Crippen LogP contribution in [0.25, 0.3) is 0 Å². The molecule has 4 heteroatoms. The van der Waals surface area contributed by atoms with E-state index in [-0.39, 0.29) is 11.7 Å². The van der Waals surface area contributed by atoms with Gasteiger partial charge in [0, 0.05) is 19.0 Å². The van der Waals surface area contributed by atoms with Crippen molar-refractivity contribution in [1.29, 1.82) is 0 Å². The Hall–Kier alpha value is -2.75. The third kappa shape index (κ3) is 3.13. The lowest BCUT2D eigenvalue weighted by Crippen LogP contribution is -2.47. The van der Waals surface area contributed by atoms with E-state index in [0.29, 0.717) is 24.4 Å². The molecule has 2 aromatic rings. The number of nitrogens with zero attached hydrogens (tertiary/aromatic N) is 1. The van der Waals surface area contributed by atoms with E-state index in [2.05, 4.69) is 24.8 Å². The van der Waals surface area contributed by atoms with Gasteiger partial charge in [-0.3, -0.25) is 4.79 Å². The zero-order chi connectivity index (χ0) is 17.3. The van der Waals surface area contributed by atoms with E-state index in [9.17, 15) is 9.90 Å². The molecule has 0 aromatic heterocycles. The summed E-state index contributed by atoms with van der Waals surface area (Å²) in [5.74, 6) is 0.546. The van der Waals surface area contributed by atoms with Gasteiger partial charge < -0.3 is 14.7 Å². The lowest BCUT2D eigenvalue weighted by molar-refractivity contribution is -0.126. The van der Waals surface area contributed by atoms with Gasteiger partial charge in [0.2, 0.25) is 0 Å². The Bertz CT molecular complexity index is 777. The van der Waals surface area contributed by atoms with E-state index in [1.807, 2.05) is 13.8 Å². The smallest absolute Gasteiger partial charge is 0.268 e. The first-order valence-corrected chi connectivity index (χ1v) is 7.97. The van der Waals surface area contributed by atoms with Crippen molar-refractivity contribution in [3.63, 3.8) is 0 Å². The first kappa shape index (κ1) is 16.1. The van der Waals surface area contributed by atoms with Crippen LogP contribution in [0, 0.1) is 13.8 Å². The Morgan fingerprint density at radius 1 is 1.21 bits per heavy atom. The number of anilines is 1. The number of hydrogen-bond acceptors (Lipinski definition) is 3. The number of carbonyl (C=O) groups is 1. The highest BCUT2D eigenvalue weighted by Gasteiger charge is 2.34. The second-order valence-corrected chi connectivity index (χ2v) is 6.20. The number of aryl methyl sites for hydroxylation is 2. The summed E-state index contributed by atoms with van der Waals surface area (Å²) in [6, 6.07) is 11.0.